The van der Waals surface area contributed by atoms with Crippen molar-refractivity contribution in [2.45, 2.75) is 5.41 Å². The first kappa shape index (κ1) is 28.2. The molecule has 0 amide bonds. The Kier molecular flexibility index (Phi) is 6.29. The van der Waals surface area contributed by atoms with E-state index in [4.69, 9.17) is 4.11 Å². The lowest BCUT2D eigenvalue weighted by Gasteiger charge is -2.33. The third-order valence-electron chi connectivity index (χ3n) is 11.9. The van der Waals surface area contributed by atoms with Crippen LogP contribution in [0, 0.1) is 0 Å². The van der Waals surface area contributed by atoms with Crippen molar-refractivity contribution >= 4 is 65.6 Å². The number of fused-ring (bicyclic) bond motifs is 13. The fraction of sp³-hybridized carbons (Fsp3) is 0.0182. The minimum Gasteiger partial charge on any atom is -0.310 e. The van der Waals surface area contributed by atoms with Crippen LogP contribution in [0.5, 0.6) is 0 Å². The predicted octanol–water partition coefficient (Wildman–Crippen LogP) is 15.3. The van der Waals surface area contributed by atoms with Crippen LogP contribution in [0.25, 0.3) is 42.4 Å². The van der Waals surface area contributed by atoms with Gasteiger partial charge >= 0.3 is 0 Å². The normalized spacial score (nSPS) is 15.8. The lowest BCUT2D eigenvalue weighted by atomic mass is 9.70. The molecule has 58 heavy (non-hydrogen) atoms. The van der Waals surface area contributed by atoms with Gasteiger partial charge in [-0.3, -0.25) is 0 Å². The van der Waals surface area contributed by atoms with Gasteiger partial charge in [0.05, 0.1) is 12.3 Å². The molecule has 1 unspecified atom stereocenters. The fourth-order valence-electron chi connectivity index (χ4n) is 9.61. The van der Waals surface area contributed by atoms with Gasteiger partial charge in [0.15, 0.2) is 0 Å². The molecule has 0 N–H and O–H groups in total. The predicted molar refractivity (Wildman–Crippen MR) is 245 cm³/mol. The summed E-state index contributed by atoms with van der Waals surface area (Å²) in [6.07, 6.45) is 0. The van der Waals surface area contributed by atoms with Crippen molar-refractivity contribution in [3.8, 4) is 22.3 Å². The third kappa shape index (κ3) is 4.78. The summed E-state index contributed by atoms with van der Waals surface area (Å²) in [5.74, 6) is 0. The Labute approximate surface area is 349 Å². The zero-order valence-corrected chi connectivity index (χ0v) is 32.0. The van der Waals surface area contributed by atoms with E-state index in [0.717, 1.165) is 70.6 Å². The Morgan fingerprint density at radius 3 is 1.43 bits per heavy atom. The van der Waals surface area contributed by atoms with Gasteiger partial charge in [0.25, 0.3) is 0 Å². The molecule has 2 aliphatic rings. The first-order valence-corrected chi connectivity index (χ1v) is 20.3. The molecule has 2 aliphatic carbocycles. The number of hydrogen-bond acceptors (Lipinski definition) is 3. The molecule has 0 saturated heterocycles. The Hall–Kier alpha value is -7.20. The summed E-state index contributed by atoms with van der Waals surface area (Å²) in [5.41, 5.74) is 13.0. The Morgan fingerprint density at radius 1 is 0.345 bits per heavy atom. The third-order valence-corrected chi connectivity index (χ3v) is 13.1. The smallest absolute Gasteiger partial charge is 0.0727 e. The Morgan fingerprint density at radius 2 is 0.810 bits per heavy atom. The van der Waals surface area contributed by atoms with E-state index in [1.807, 2.05) is 41.3 Å². The summed E-state index contributed by atoms with van der Waals surface area (Å²) < 4.78 is 47.1. The van der Waals surface area contributed by atoms with Crippen LogP contribution < -0.4 is 9.80 Å². The monoisotopic (exact) mass is 761 g/mol. The van der Waals surface area contributed by atoms with E-state index >= 15 is 0 Å². The molecule has 0 aliphatic heterocycles. The lowest BCUT2D eigenvalue weighted by Crippen LogP contribution is -2.26. The second-order valence-corrected chi connectivity index (χ2v) is 16.0. The van der Waals surface area contributed by atoms with Crippen molar-refractivity contribution in [3.63, 3.8) is 0 Å². The molecule has 12 rings (SSSR count). The molecule has 0 bridgehead atoms. The number of benzene rings is 9. The highest BCUT2D eigenvalue weighted by Gasteiger charge is 2.52. The van der Waals surface area contributed by atoms with Crippen molar-refractivity contribution in [2.24, 2.45) is 0 Å². The lowest BCUT2D eigenvalue weighted by molar-refractivity contribution is 0.793. The number of para-hydroxylation sites is 3. The molecular formula is C55H36N2S. The molecule has 0 saturated carbocycles. The van der Waals surface area contributed by atoms with Gasteiger partial charge in [-0.05, 0) is 129 Å². The highest BCUT2D eigenvalue weighted by molar-refractivity contribution is 7.25. The van der Waals surface area contributed by atoms with Crippen LogP contribution in [0.2, 0.25) is 0 Å². The maximum atomic E-state index is 9.33. The molecule has 3 heteroatoms. The van der Waals surface area contributed by atoms with Gasteiger partial charge in [-0.25, -0.2) is 0 Å². The van der Waals surface area contributed by atoms with Crippen LogP contribution >= 0.6 is 11.3 Å². The minimum absolute atomic E-state index is 0.0975. The van der Waals surface area contributed by atoms with Crippen LogP contribution in [0.15, 0.2) is 218 Å². The largest absolute Gasteiger partial charge is 0.310 e. The van der Waals surface area contributed by atoms with E-state index in [2.05, 4.69) is 157 Å². The van der Waals surface area contributed by atoms with Crippen LogP contribution in [0.1, 0.15) is 29.1 Å². The zero-order chi connectivity index (χ0) is 42.6. The van der Waals surface area contributed by atoms with Crippen LogP contribution in [0.4, 0.5) is 34.1 Å². The summed E-state index contributed by atoms with van der Waals surface area (Å²) in [5, 5.41) is 2.15. The average molecular weight is 762 g/mol. The topological polar surface area (TPSA) is 6.48 Å². The van der Waals surface area contributed by atoms with Crippen molar-refractivity contribution in [1.82, 2.24) is 0 Å². The van der Waals surface area contributed by atoms with E-state index in [-0.39, 0.29) is 29.9 Å². The summed E-state index contributed by atoms with van der Waals surface area (Å²) in [6, 6.07) is 64.3. The van der Waals surface area contributed by atoms with Crippen LogP contribution in [0.3, 0.4) is 0 Å². The van der Waals surface area contributed by atoms with E-state index in [9.17, 15) is 2.74 Å². The maximum Gasteiger partial charge on any atom is 0.0727 e. The molecule has 10 aromatic rings. The average Bonchev–Trinajstić information content (AvgIpc) is 3.96. The van der Waals surface area contributed by atoms with E-state index in [1.54, 1.807) is 11.3 Å². The molecule has 1 aromatic heterocycles. The van der Waals surface area contributed by atoms with Crippen molar-refractivity contribution in [3.05, 3.63) is 241 Å². The van der Waals surface area contributed by atoms with Crippen molar-refractivity contribution in [2.75, 3.05) is 9.80 Å². The summed E-state index contributed by atoms with van der Waals surface area (Å²) >= 11 is 1.72. The molecule has 2 nitrogen and oxygen atoms in total. The first-order chi connectivity index (χ1) is 30.8. The summed E-state index contributed by atoms with van der Waals surface area (Å²) in [7, 11) is 0. The minimum atomic E-state index is -0.748. The molecule has 0 fully saturated rings. The standard InChI is InChI=1S/C55H36N2S/c1-4-16-37(17-5-1)56(38-18-6-2-7-19-38)41-28-31-45-43-22-10-13-25-49(43)55(51(45)35-41)50-26-14-11-23-44(50)46-32-29-42(36-52(46)55)57(39-20-8-3-9-21-39)40-30-33-54-48(34-40)47-24-12-15-27-53(47)58-54/h1-36H/i3D,8D,9D,20D,21D. The first-order valence-electron chi connectivity index (χ1n) is 22.0. The zero-order valence-electron chi connectivity index (χ0n) is 36.2. The summed E-state index contributed by atoms with van der Waals surface area (Å²) in [4.78, 5) is 4.17. The second-order valence-electron chi connectivity index (χ2n) is 14.9. The molecular weight excluding hydrogens is 721 g/mol. The van der Waals surface area contributed by atoms with E-state index in [1.165, 1.54) is 11.1 Å². The van der Waals surface area contributed by atoms with E-state index < -0.39 is 11.5 Å². The van der Waals surface area contributed by atoms with Gasteiger partial charge < -0.3 is 9.80 Å². The maximum absolute atomic E-state index is 9.33. The van der Waals surface area contributed by atoms with Crippen LogP contribution in [-0.4, -0.2) is 0 Å². The van der Waals surface area contributed by atoms with Gasteiger partial charge in [-0.15, -0.1) is 11.3 Å². The van der Waals surface area contributed by atoms with E-state index in [0.29, 0.717) is 11.4 Å². The van der Waals surface area contributed by atoms with Crippen LogP contribution in [-0.2, 0) is 5.41 Å². The number of nitrogens with zero attached hydrogens (tertiary/aromatic N) is 2. The molecule has 1 heterocycles. The molecule has 1 atom stereocenters. The SMILES string of the molecule is [2H]c1c([2H])c([2H])c(N(c2ccc3c(c2)C2(c4ccccc4-c4ccc(N(c5ccccc5)c5ccccc5)cc42)c2ccccc2-3)c2ccc3sc4ccccc4c3c2)c([2H])c1[2H]. The molecule has 9 aromatic carbocycles. The van der Waals surface area contributed by atoms with Gasteiger partial charge in [-0.1, -0.05) is 133 Å². The van der Waals surface area contributed by atoms with Gasteiger partial charge in [0.2, 0.25) is 0 Å². The van der Waals surface area contributed by atoms with Crippen molar-refractivity contribution in [1.29, 1.82) is 0 Å². The molecule has 1 spiro atoms. The highest BCUT2D eigenvalue weighted by Crippen LogP contribution is 2.64. The number of hydrogen-bond donors (Lipinski definition) is 0. The van der Waals surface area contributed by atoms with Crippen molar-refractivity contribution < 1.29 is 6.85 Å². The quantitative estimate of drug-likeness (QED) is 0.166. The second kappa shape index (κ2) is 12.9. The Bertz CT molecular complexity index is 3410. The summed E-state index contributed by atoms with van der Waals surface area (Å²) in [6.45, 7) is 0. The Balaban J connectivity index is 1.15. The number of thiophene rings is 1. The van der Waals surface area contributed by atoms with Gasteiger partial charge in [0, 0.05) is 54.3 Å². The molecule has 0 radical (unpaired) electrons. The molecule has 272 valence electrons. The van der Waals surface area contributed by atoms with Gasteiger partial charge in [-0.2, -0.15) is 0 Å². The van der Waals surface area contributed by atoms with Gasteiger partial charge in [0.1, 0.15) is 0 Å². The number of anilines is 6. The fourth-order valence-corrected chi connectivity index (χ4v) is 10.7. The number of rotatable bonds is 6. The highest BCUT2D eigenvalue weighted by atomic mass is 32.1.